The van der Waals surface area contributed by atoms with E-state index in [0.717, 1.165) is 13.1 Å². The van der Waals surface area contributed by atoms with E-state index in [-0.39, 0.29) is 10.6 Å². The number of nitrogens with two attached hydrogens (primary N) is 1. The molecule has 1 aromatic heterocycles. The second-order valence-electron chi connectivity index (χ2n) is 8.38. The molecule has 2 heterocycles. The van der Waals surface area contributed by atoms with Crippen LogP contribution in [0.5, 0.6) is 0 Å². The minimum absolute atomic E-state index is 0.0228. The van der Waals surface area contributed by atoms with Gasteiger partial charge in [-0.1, -0.05) is 29.3 Å². The van der Waals surface area contributed by atoms with Gasteiger partial charge in [0.15, 0.2) is 5.82 Å². The third kappa shape index (κ3) is 5.10. The standard InChI is InChI=1S/C25H24Cl2FN5O2/c1-31-8-10-33(11-9-31)21-13-16(17-12-15(23(29)34)6-7-18(17)26)14-30-24(21)32(2)25(35)22-19(27)4-3-5-20(22)28/h3-7,12-14H,8-11H2,1-2H3,(H2,29,34). The van der Waals surface area contributed by atoms with Gasteiger partial charge in [-0.15, -0.1) is 0 Å². The van der Waals surface area contributed by atoms with E-state index in [1.807, 2.05) is 13.1 Å². The first-order valence-corrected chi connectivity index (χ1v) is 11.7. The average molecular weight is 516 g/mol. The fourth-order valence-corrected chi connectivity index (χ4v) is 4.47. The highest BCUT2D eigenvalue weighted by atomic mass is 35.5. The summed E-state index contributed by atoms with van der Waals surface area (Å²) in [6.07, 6.45) is 1.56. The van der Waals surface area contributed by atoms with Crippen LogP contribution >= 0.6 is 23.2 Å². The first kappa shape index (κ1) is 24.9. The number of carbonyl (C=O) groups is 2. The lowest BCUT2D eigenvalue weighted by Gasteiger charge is -2.36. The lowest BCUT2D eigenvalue weighted by atomic mass is 10.0. The van der Waals surface area contributed by atoms with Crippen molar-refractivity contribution in [3.63, 3.8) is 0 Å². The number of likely N-dealkylation sites (N-methyl/N-ethyl adjacent to an activating group) is 1. The SMILES string of the molecule is CN1CCN(c2cc(-c3cc(C(N)=O)ccc3Cl)cnc2N(C)C(=O)c2c(F)cccc2Cl)CC1. The van der Waals surface area contributed by atoms with Gasteiger partial charge in [-0.3, -0.25) is 14.5 Å². The van der Waals surface area contributed by atoms with Crippen molar-refractivity contribution in [3.8, 4) is 11.1 Å². The van der Waals surface area contributed by atoms with E-state index in [1.54, 1.807) is 24.4 Å². The largest absolute Gasteiger partial charge is 0.366 e. The van der Waals surface area contributed by atoms with Crippen molar-refractivity contribution < 1.29 is 14.0 Å². The third-order valence-electron chi connectivity index (χ3n) is 6.05. The van der Waals surface area contributed by atoms with E-state index in [0.29, 0.717) is 46.3 Å². The molecule has 10 heteroatoms. The molecule has 0 spiro atoms. The number of piperazine rings is 1. The summed E-state index contributed by atoms with van der Waals surface area (Å²) in [4.78, 5) is 35.2. The normalized spacial score (nSPS) is 14.1. The van der Waals surface area contributed by atoms with Crippen molar-refractivity contribution in [1.29, 1.82) is 0 Å². The lowest BCUT2D eigenvalue weighted by molar-refractivity contribution is 0.0984. The maximum Gasteiger partial charge on any atom is 0.263 e. The molecular formula is C25H24Cl2FN5O2. The smallest absolute Gasteiger partial charge is 0.263 e. The van der Waals surface area contributed by atoms with E-state index in [9.17, 15) is 14.0 Å². The summed E-state index contributed by atoms with van der Waals surface area (Å²) in [7, 11) is 3.57. The number of halogens is 3. The molecule has 182 valence electrons. The van der Waals surface area contributed by atoms with Crippen LogP contribution in [0.3, 0.4) is 0 Å². The molecule has 7 nitrogen and oxygen atoms in total. The zero-order chi connectivity index (χ0) is 25.3. The molecule has 0 bridgehead atoms. The fraction of sp³-hybridized carbons (Fsp3) is 0.240. The Balaban J connectivity index is 1.81. The van der Waals surface area contributed by atoms with Crippen LogP contribution in [0.15, 0.2) is 48.7 Å². The van der Waals surface area contributed by atoms with Crippen molar-refractivity contribution in [1.82, 2.24) is 9.88 Å². The van der Waals surface area contributed by atoms with Gasteiger partial charge in [0.2, 0.25) is 5.91 Å². The van der Waals surface area contributed by atoms with Crippen LogP contribution in [-0.4, -0.2) is 62.0 Å². The molecule has 1 fully saturated rings. The Hall–Kier alpha value is -3.20. The number of hydrogen-bond donors (Lipinski definition) is 1. The van der Waals surface area contributed by atoms with Crippen molar-refractivity contribution in [2.24, 2.45) is 5.73 Å². The highest BCUT2D eigenvalue weighted by Crippen LogP contribution is 2.36. The molecular weight excluding hydrogens is 492 g/mol. The molecule has 0 unspecified atom stereocenters. The summed E-state index contributed by atoms with van der Waals surface area (Å²) in [6, 6.07) is 10.8. The van der Waals surface area contributed by atoms with Crippen LogP contribution in [-0.2, 0) is 0 Å². The van der Waals surface area contributed by atoms with E-state index in [2.05, 4.69) is 14.8 Å². The number of benzene rings is 2. The lowest BCUT2D eigenvalue weighted by Crippen LogP contribution is -2.45. The molecule has 1 aliphatic heterocycles. The number of nitrogens with zero attached hydrogens (tertiary/aromatic N) is 4. The van der Waals surface area contributed by atoms with E-state index < -0.39 is 17.6 Å². The van der Waals surface area contributed by atoms with Crippen LogP contribution in [0.2, 0.25) is 10.0 Å². The minimum atomic E-state index is -0.706. The van der Waals surface area contributed by atoms with E-state index >= 15 is 0 Å². The second-order valence-corrected chi connectivity index (χ2v) is 9.19. The summed E-state index contributed by atoms with van der Waals surface area (Å²) in [5.41, 5.74) is 7.47. The first-order chi connectivity index (χ1) is 16.7. The van der Waals surface area contributed by atoms with Gasteiger partial charge in [0.1, 0.15) is 5.82 Å². The van der Waals surface area contributed by atoms with Gasteiger partial charge in [0, 0.05) is 61.1 Å². The number of primary amides is 1. The van der Waals surface area contributed by atoms with Crippen molar-refractivity contribution in [3.05, 3.63) is 75.7 Å². The summed E-state index contributed by atoms with van der Waals surface area (Å²) in [6.45, 7) is 3.04. The molecule has 35 heavy (non-hydrogen) atoms. The quantitative estimate of drug-likeness (QED) is 0.546. The number of carbonyl (C=O) groups excluding carboxylic acids is 2. The maximum absolute atomic E-state index is 14.5. The average Bonchev–Trinajstić information content (AvgIpc) is 2.83. The Morgan fingerprint density at radius 1 is 1.06 bits per heavy atom. The summed E-state index contributed by atoms with van der Waals surface area (Å²) in [5, 5.41) is 0.450. The van der Waals surface area contributed by atoms with Crippen LogP contribution in [0.4, 0.5) is 15.9 Å². The van der Waals surface area contributed by atoms with Crippen molar-refractivity contribution in [2.75, 3.05) is 50.1 Å². The number of anilines is 2. The van der Waals surface area contributed by atoms with Crippen molar-refractivity contribution in [2.45, 2.75) is 0 Å². The molecule has 1 saturated heterocycles. The highest BCUT2D eigenvalue weighted by Gasteiger charge is 2.27. The van der Waals surface area contributed by atoms with Gasteiger partial charge in [0.25, 0.3) is 5.91 Å². The van der Waals surface area contributed by atoms with Crippen LogP contribution in [0.25, 0.3) is 11.1 Å². The topological polar surface area (TPSA) is 82.8 Å². The fourth-order valence-electron chi connectivity index (χ4n) is 4.00. The second kappa shape index (κ2) is 10.2. The molecule has 1 aliphatic rings. The Bertz CT molecular complexity index is 1270. The molecule has 0 atom stereocenters. The summed E-state index contributed by atoms with van der Waals surface area (Å²) < 4.78 is 14.5. The van der Waals surface area contributed by atoms with Gasteiger partial charge < -0.3 is 15.5 Å². The summed E-state index contributed by atoms with van der Waals surface area (Å²) in [5.74, 6) is -1.54. The Morgan fingerprint density at radius 3 is 2.43 bits per heavy atom. The third-order valence-corrected chi connectivity index (χ3v) is 6.70. The van der Waals surface area contributed by atoms with Gasteiger partial charge in [-0.25, -0.2) is 9.37 Å². The number of amides is 2. The maximum atomic E-state index is 14.5. The number of pyridine rings is 1. The predicted octanol–water partition coefficient (Wildman–Crippen LogP) is 4.32. The number of aromatic nitrogens is 1. The first-order valence-electron chi connectivity index (χ1n) is 10.9. The zero-order valence-corrected chi connectivity index (χ0v) is 20.8. The molecule has 2 aromatic carbocycles. The zero-order valence-electron chi connectivity index (χ0n) is 19.3. The number of rotatable bonds is 5. The molecule has 0 radical (unpaired) electrons. The monoisotopic (exact) mass is 515 g/mol. The van der Waals surface area contributed by atoms with Gasteiger partial charge in [-0.05, 0) is 43.4 Å². The molecule has 2 amide bonds. The summed E-state index contributed by atoms with van der Waals surface area (Å²) >= 11 is 12.6. The Morgan fingerprint density at radius 2 is 1.77 bits per heavy atom. The van der Waals surface area contributed by atoms with Gasteiger partial charge in [-0.2, -0.15) is 0 Å². The van der Waals surface area contributed by atoms with Crippen molar-refractivity contribution >= 4 is 46.5 Å². The van der Waals surface area contributed by atoms with E-state index in [4.69, 9.17) is 28.9 Å². The predicted molar refractivity (Wildman–Crippen MR) is 137 cm³/mol. The molecule has 0 aliphatic carbocycles. The Kier molecular flexibility index (Phi) is 7.25. The van der Waals surface area contributed by atoms with Crippen LogP contribution in [0.1, 0.15) is 20.7 Å². The van der Waals surface area contributed by atoms with E-state index in [1.165, 1.54) is 30.1 Å². The minimum Gasteiger partial charge on any atom is -0.366 e. The molecule has 4 rings (SSSR count). The van der Waals surface area contributed by atoms with Gasteiger partial charge >= 0.3 is 0 Å². The number of hydrogen-bond acceptors (Lipinski definition) is 5. The Labute approximate surface area is 212 Å². The molecule has 0 saturated carbocycles. The highest BCUT2D eigenvalue weighted by molar-refractivity contribution is 6.34. The molecule has 3 aromatic rings. The van der Waals surface area contributed by atoms with Crippen LogP contribution in [0, 0.1) is 5.82 Å². The van der Waals surface area contributed by atoms with Crippen LogP contribution < -0.4 is 15.5 Å². The molecule has 2 N–H and O–H groups in total. The van der Waals surface area contributed by atoms with Gasteiger partial charge in [0.05, 0.1) is 16.3 Å².